The van der Waals surface area contributed by atoms with Crippen LogP contribution < -0.4 is 4.74 Å². The number of nitrogens with zero attached hydrogens (tertiary/aromatic N) is 3. The molecule has 0 radical (unpaired) electrons. The minimum atomic E-state index is -1.13. The molecule has 0 atom stereocenters. The van der Waals surface area contributed by atoms with E-state index >= 15 is 0 Å². The molecule has 0 fully saturated rings. The Bertz CT molecular complexity index is 454. The summed E-state index contributed by atoms with van der Waals surface area (Å²) < 4.78 is 22.5. The summed E-state index contributed by atoms with van der Waals surface area (Å²) in [7, 11) is 0. The van der Waals surface area contributed by atoms with Gasteiger partial charge in [-0.2, -0.15) is 0 Å². The van der Waals surface area contributed by atoms with E-state index in [-0.39, 0.29) is 18.4 Å². The Morgan fingerprint density at radius 3 is 2.94 bits per heavy atom. The Hall–Kier alpha value is -1.49. The molecule has 1 rings (SSSR count). The second-order valence-electron chi connectivity index (χ2n) is 3.32. The van der Waals surface area contributed by atoms with Gasteiger partial charge in [0.25, 0.3) is 0 Å². The molecular weight excluding hydrogens is 304 g/mol. The molecule has 1 heterocycles. The van der Waals surface area contributed by atoms with Crippen molar-refractivity contribution in [2.24, 2.45) is 4.99 Å². The summed E-state index contributed by atoms with van der Waals surface area (Å²) in [5.41, 5.74) is 4.07. The average molecular weight is 317 g/mol. The van der Waals surface area contributed by atoms with Crippen LogP contribution >= 0.6 is 0 Å². The first-order valence-electron chi connectivity index (χ1n) is 5.10. The molecule has 8 heteroatoms. The number of halogens is 1. The molecule has 0 aliphatic rings. The van der Waals surface area contributed by atoms with Crippen molar-refractivity contribution in [2.75, 3.05) is 6.61 Å². The molecule has 0 spiro atoms. The SMILES string of the molecule is CCOC(=O)Oc1ncc(F)c(N=C[As](C)C)n1. The molecule has 0 N–H and O–H groups in total. The van der Waals surface area contributed by atoms with Crippen molar-refractivity contribution in [1.82, 2.24) is 9.97 Å². The van der Waals surface area contributed by atoms with Crippen LogP contribution in [0.3, 0.4) is 0 Å². The summed E-state index contributed by atoms with van der Waals surface area (Å²) in [5, 5.41) is 1.67. The number of carbonyl (C=O) groups is 1. The number of ether oxygens (including phenoxy) is 2. The second kappa shape index (κ2) is 7.06. The van der Waals surface area contributed by atoms with Crippen molar-refractivity contribution in [3.05, 3.63) is 12.0 Å². The Labute approximate surface area is 109 Å². The predicted octanol–water partition coefficient (Wildman–Crippen LogP) is 2.15. The topological polar surface area (TPSA) is 73.7 Å². The molecule has 98 valence electrons. The molecule has 1 aromatic heterocycles. The van der Waals surface area contributed by atoms with Crippen LogP contribution in [0.1, 0.15) is 6.92 Å². The number of carbonyl (C=O) groups excluding carboxylic acids is 1. The van der Waals surface area contributed by atoms with E-state index in [0.717, 1.165) is 6.20 Å². The van der Waals surface area contributed by atoms with Gasteiger partial charge in [-0.25, -0.2) is 0 Å². The van der Waals surface area contributed by atoms with E-state index in [4.69, 9.17) is 0 Å². The summed E-state index contributed by atoms with van der Waals surface area (Å²) in [6, 6.07) is -0.284. The summed E-state index contributed by atoms with van der Waals surface area (Å²) in [6.45, 7) is 1.81. The Kier molecular flexibility index (Phi) is 5.71. The fraction of sp³-hybridized carbons (Fsp3) is 0.400. The summed E-state index contributed by atoms with van der Waals surface area (Å²) in [6.07, 6.45) is -0.0330. The van der Waals surface area contributed by atoms with Gasteiger partial charge in [0.05, 0.1) is 0 Å². The molecule has 0 aliphatic heterocycles. The fourth-order valence-electron chi connectivity index (χ4n) is 0.874. The van der Waals surface area contributed by atoms with Gasteiger partial charge in [0.1, 0.15) is 0 Å². The van der Waals surface area contributed by atoms with Gasteiger partial charge >= 0.3 is 108 Å². The van der Waals surface area contributed by atoms with E-state index in [1.54, 1.807) is 11.9 Å². The molecule has 1 aromatic rings. The zero-order chi connectivity index (χ0) is 13.5. The molecule has 0 aliphatic carbocycles. The van der Waals surface area contributed by atoms with Gasteiger partial charge in [0.15, 0.2) is 0 Å². The van der Waals surface area contributed by atoms with E-state index in [1.807, 2.05) is 11.4 Å². The molecule has 6 nitrogen and oxygen atoms in total. The quantitative estimate of drug-likeness (QED) is 0.483. The van der Waals surface area contributed by atoms with Gasteiger partial charge in [-0.1, -0.05) is 0 Å². The summed E-state index contributed by atoms with van der Waals surface area (Å²) >= 11 is -1.13. The summed E-state index contributed by atoms with van der Waals surface area (Å²) in [4.78, 5) is 22.1. The third kappa shape index (κ3) is 4.79. The van der Waals surface area contributed by atoms with Gasteiger partial charge < -0.3 is 0 Å². The fourth-order valence-corrected chi connectivity index (χ4v) is 1.59. The third-order valence-electron chi connectivity index (χ3n) is 1.55. The van der Waals surface area contributed by atoms with Crippen LogP contribution in [0.2, 0.25) is 11.4 Å². The first-order chi connectivity index (χ1) is 8.52. The molecule has 18 heavy (non-hydrogen) atoms. The Morgan fingerprint density at radius 1 is 1.61 bits per heavy atom. The molecular formula is C10H13AsFN3O3. The standard InChI is InChI=1S/C10H13AsFN3O3/c1-4-17-10(16)18-9-13-5-7(12)8(15-9)14-6-11(2)3/h5-6H,4H2,1-3H3. The predicted molar refractivity (Wildman–Crippen MR) is 65.3 cm³/mol. The molecule has 0 saturated carbocycles. The van der Waals surface area contributed by atoms with Crippen LogP contribution in [0.15, 0.2) is 11.2 Å². The van der Waals surface area contributed by atoms with Gasteiger partial charge in [-0.3, -0.25) is 0 Å². The Balaban J connectivity index is 2.83. The normalized spacial score (nSPS) is 10.9. The van der Waals surface area contributed by atoms with Gasteiger partial charge in [0.2, 0.25) is 0 Å². The van der Waals surface area contributed by atoms with Crippen molar-refractivity contribution in [3.63, 3.8) is 0 Å². The average Bonchev–Trinajstić information content (AvgIpc) is 2.30. The van der Waals surface area contributed by atoms with E-state index in [0.29, 0.717) is 0 Å². The van der Waals surface area contributed by atoms with E-state index in [2.05, 4.69) is 24.4 Å². The molecule has 0 aromatic carbocycles. The number of aliphatic imine (C=N–C) groups is 1. The first kappa shape index (κ1) is 14.6. The van der Waals surface area contributed by atoms with Crippen LogP contribution in [0, 0.1) is 5.82 Å². The van der Waals surface area contributed by atoms with Crippen LogP contribution in [-0.2, 0) is 4.74 Å². The minimum absolute atomic E-state index is 0.146. The zero-order valence-corrected chi connectivity index (χ0v) is 12.1. The van der Waals surface area contributed by atoms with Crippen LogP contribution in [0.5, 0.6) is 6.01 Å². The van der Waals surface area contributed by atoms with Crippen LogP contribution in [-0.4, -0.2) is 42.4 Å². The summed E-state index contributed by atoms with van der Waals surface area (Å²) in [5.74, 6) is -0.814. The molecule has 0 bridgehead atoms. The maximum atomic E-state index is 13.3. The van der Waals surface area contributed by atoms with E-state index in [1.165, 1.54) is 0 Å². The van der Waals surface area contributed by atoms with Crippen molar-refractivity contribution < 1.29 is 18.7 Å². The second-order valence-corrected chi connectivity index (χ2v) is 7.85. The first-order valence-corrected chi connectivity index (χ1v) is 9.94. The van der Waals surface area contributed by atoms with Crippen molar-refractivity contribution in [2.45, 2.75) is 18.3 Å². The van der Waals surface area contributed by atoms with Gasteiger partial charge in [-0.05, 0) is 0 Å². The van der Waals surface area contributed by atoms with E-state index < -0.39 is 26.6 Å². The van der Waals surface area contributed by atoms with E-state index in [9.17, 15) is 9.18 Å². The third-order valence-corrected chi connectivity index (χ3v) is 2.76. The zero-order valence-electron chi connectivity index (χ0n) is 10.3. The van der Waals surface area contributed by atoms with Crippen LogP contribution in [0.4, 0.5) is 15.0 Å². The van der Waals surface area contributed by atoms with Crippen molar-refractivity contribution in [1.29, 1.82) is 0 Å². The number of hydrogen-bond donors (Lipinski definition) is 0. The van der Waals surface area contributed by atoms with Gasteiger partial charge in [-0.15, -0.1) is 0 Å². The number of hydrogen-bond acceptors (Lipinski definition) is 6. The van der Waals surface area contributed by atoms with Crippen LogP contribution in [0.25, 0.3) is 0 Å². The monoisotopic (exact) mass is 317 g/mol. The van der Waals surface area contributed by atoms with Crippen molar-refractivity contribution >= 4 is 31.6 Å². The number of rotatable bonds is 4. The molecule has 0 unspecified atom stereocenters. The van der Waals surface area contributed by atoms with Gasteiger partial charge in [0, 0.05) is 0 Å². The Morgan fingerprint density at radius 2 is 2.33 bits per heavy atom. The number of aromatic nitrogens is 2. The molecule has 0 amide bonds. The maximum absolute atomic E-state index is 13.3. The molecule has 0 saturated heterocycles. The van der Waals surface area contributed by atoms with Crippen molar-refractivity contribution in [3.8, 4) is 6.01 Å².